The van der Waals surface area contributed by atoms with Gasteiger partial charge in [-0.3, -0.25) is 0 Å². The molecule has 0 atom stereocenters. The van der Waals surface area contributed by atoms with Crippen LogP contribution in [0.25, 0.3) is 0 Å². The number of anilines is 1. The van der Waals surface area contributed by atoms with Gasteiger partial charge in [-0.25, -0.2) is 0 Å². The van der Waals surface area contributed by atoms with E-state index in [1.165, 1.54) is 0 Å². The second kappa shape index (κ2) is 5.17. The van der Waals surface area contributed by atoms with Crippen LogP contribution in [0.2, 0.25) is 0 Å². The maximum Gasteiger partial charge on any atom is 0.119 e. The highest BCUT2D eigenvalue weighted by Gasteiger charge is 2.07. The summed E-state index contributed by atoms with van der Waals surface area (Å²) in [5.74, 6) is 0.699. The molecular weight excluding hydrogens is 187 g/mol. The Labute approximate surface area is 93.5 Å². The topological polar surface area (TPSA) is 44.5 Å². The van der Waals surface area contributed by atoms with Gasteiger partial charge >= 0.3 is 0 Å². The Bertz CT molecular complexity index is 297. The molecule has 0 aliphatic carbocycles. The number of hydrogen-bond acceptors (Lipinski definition) is 3. The minimum Gasteiger partial charge on any atom is -0.491 e. The predicted molar refractivity (Wildman–Crippen MR) is 62.3 cm³/mol. The molecule has 0 aromatic heterocycles. The van der Waals surface area contributed by atoms with E-state index in [4.69, 9.17) is 38.7 Å². The molecule has 6 heteroatoms. The molecule has 0 bridgehead atoms. The van der Waals surface area contributed by atoms with E-state index in [1.54, 1.807) is 24.3 Å². The van der Waals surface area contributed by atoms with Crippen LogP contribution in [0.5, 0.6) is 5.75 Å². The van der Waals surface area contributed by atoms with Crippen molar-refractivity contribution in [2.45, 2.75) is 5.30 Å². The summed E-state index contributed by atoms with van der Waals surface area (Å²) in [5.41, 5.74) is 6.19. The Hall–Kier alpha value is -1.03. The fourth-order valence-corrected chi connectivity index (χ4v) is 0.942. The molecule has 72 valence electrons. The lowest BCUT2D eigenvalue weighted by atomic mass is 9.52. The molecule has 0 aliphatic heterocycles. The third-order valence-electron chi connectivity index (χ3n) is 1.58. The SMILES string of the molecule is [B]C([B])([B])OCCOc1ccc(N)cc1. The lowest BCUT2D eigenvalue weighted by Gasteiger charge is -2.21. The molecule has 1 rings (SSSR count). The van der Waals surface area contributed by atoms with Crippen molar-refractivity contribution in [3.05, 3.63) is 24.3 Å². The lowest BCUT2D eigenvalue weighted by molar-refractivity contribution is 0.0949. The van der Waals surface area contributed by atoms with Gasteiger partial charge in [-0.05, 0) is 29.6 Å². The van der Waals surface area contributed by atoms with Crippen molar-refractivity contribution in [2.24, 2.45) is 0 Å². The van der Waals surface area contributed by atoms with Crippen LogP contribution in [0.3, 0.4) is 0 Å². The number of rotatable bonds is 5. The molecule has 0 saturated carbocycles. The Kier molecular flexibility index (Phi) is 4.15. The molecule has 2 N–H and O–H groups in total. The average Bonchev–Trinajstić information content (AvgIpc) is 2.14. The number of hydrogen-bond donors (Lipinski definition) is 1. The summed E-state index contributed by atoms with van der Waals surface area (Å²) in [4.78, 5) is 0. The van der Waals surface area contributed by atoms with Crippen molar-refractivity contribution in [2.75, 3.05) is 18.9 Å². The molecule has 0 unspecified atom stereocenters. The van der Waals surface area contributed by atoms with Gasteiger partial charge in [-0.15, -0.1) is 0 Å². The van der Waals surface area contributed by atoms with Gasteiger partial charge in [0.05, 0.1) is 30.1 Å². The van der Waals surface area contributed by atoms with Gasteiger partial charge in [0.15, 0.2) is 0 Å². The van der Waals surface area contributed by atoms with Crippen LogP contribution in [0.15, 0.2) is 24.3 Å². The van der Waals surface area contributed by atoms with Crippen molar-refractivity contribution in [1.29, 1.82) is 0 Å². The maximum atomic E-state index is 5.51. The molecule has 0 spiro atoms. The fraction of sp³-hybridized carbons (Fsp3) is 0.333. The van der Waals surface area contributed by atoms with Gasteiger partial charge in [0.2, 0.25) is 0 Å². The molecule has 1 aromatic rings. The van der Waals surface area contributed by atoms with E-state index in [0.29, 0.717) is 18.0 Å². The van der Waals surface area contributed by atoms with E-state index in [2.05, 4.69) is 0 Å². The van der Waals surface area contributed by atoms with Crippen molar-refractivity contribution in [1.82, 2.24) is 0 Å². The van der Waals surface area contributed by atoms with E-state index in [1.807, 2.05) is 0 Å². The molecule has 0 amide bonds. The number of benzene rings is 1. The number of ether oxygens (including phenoxy) is 2. The summed E-state index contributed by atoms with van der Waals surface area (Å²) in [5, 5.41) is -1.61. The van der Waals surface area contributed by atoms with E-state index < -0.39 is 5.30 Å². The first-order valence-electron chi connectivity index (χ1n) is 4.46. The number of nitrogen functional groups attached to an aromatic ring is 1. The standard InChI is InChI=1S/C9H10B3NO2/c10-9(11,12)15-6-5-14-8-3-1-7(13)2-4-8/h1-4H,5-6,13H2. The normalized spacial score (nSPS) is 11.2. The first kappa shape index (κ1) is 12.0. The molecule has 0 heterocycles. The molecule has 6 radical (unpaired) electrons. The van der Waals surface area contributed by atoms with Gasteiger partial charge < -0.3 is 15.2 Å². The first-order chi connectivity index (χ1) is 6.97. The van der Waals surface area contributed by atoms with Crippen LogP contribution in [-0.2, 0) is 4.74 Å². The summed E-state index contributed by atoms with van der Waals surface area (Å²) in [6.07, 6.45) is 0. The zero-order valence-corrected chi connectivity index (χ0v) is 8.35. The highest BCUT2D eigenvalue weighted by molar-refractivity contribution is 6.58. The Morgan fingerprint density at radius 2 is 1.67 bits per heavy atom. The molecule has 1 aromatic carbocycles. The predicted octanol–water partition coefficient (Wildman–Crippen LogP) is -0.219. The molecule has 0 aliphatic rings. The van der Waals surface area contributed by atoms with Gasteiger partial charge in [0.25, 0.3) is 0 Å². The maximum absolute atomic E-state index is 5.51. The summed E-state index contributed by atoms with van der Waals surface area (Å²) < 4.78 is 10.2. The van der Waals surface area contributed by atoms with Gasteiger partial charge in [0, 0.05) is 5.69 Å². The Balaban J connectivity index is 2.23. The smallest absolute Gasteiger partial charge is 0.119 e. The molecule has 0 fully saturated rings. The molecule has 3 nitrogen and oxygen atoms in total. The molecule has 0 saturated heterocycles. The van der Waals surface area contributed by atoms with Crippen LogP contribution in [0.4, 0.5) is 5.69 Å². The summed E-state index contributed by atoms with van der Waals surface area (Å²) in [6, 6.07) is 7.01. The summed E-state index contributed by atoms with van der Waals surface area (Å²) in [6.45, 7) is 0.533. The molecule has 15 heavy (non-hydrogen) atoms. The van der Waals surface area contributed by atoms with E-state index in [-0.39, 0.29) is 6.61 Å². The number of nitrogens with two attached hydrogens (primary N) is 1. The summed E-state index contributed by atoms with van der Waals surface area (Å²) >= 11 is 0. The van der Waals surface area contributed by atoms with Crippen molar-refractivity contribution < 1.29 is 9.47 Å². The minimum absolute atomic E-state index is 0.216. The highest BCUT2D eigenvalue weighted by atomic mass is 16.5. The zero-order chi connectivity index (χ0) is 11.3. The van der Waals surface area contributed by atoms with Crippen LogP contribution < -0.4 is 10.5 Å². The fourth-order valence-electron chi connectivity index (χ4n) is 0.942. The highest BCUT2D eigenvalue weighted by Crippen LogP contribution is 2.12. The second-order valence-electron chi connectivity index (χ2n) is 3.12. The summed E-state index contributed by atoms with van der Waals surface area (Å²) in [7, 11) is 15.6. The van der Waals surface area contributed by atoms with Crippen molar-refractivity contribution >= 4 is 29.2 Å². The van der Waals surface area contributed by atoms with Gasteiger partial charge in [0.1, 0.15) is 12.4 Å². The Morgan fingerprint density at radius 3 is 2.20 bits per heavy atom. The van der Waals surface area contributed by atoms with Crippen molar-refractivity contribution in [3.63, 3.8) is 0 Å². The second-order valence-corrected chi connectivity index (χ2v) is 3.12. The van der Waals surface area contributed by atoms with E-state index in [9.17, 15) is 0 Å². The monoisotopic (exact) mass is 197 g/mol. The Morgan fingerprint density at radius 1 is 1.07 bits per heavy atom. The third-order valence-corrected chi connectivity index (χ3v) is 1.58. The average molecular weight is 197 g/mol. The van der Waals surface area contributed by atoms with Gasteiger partial charge in [-0.2, -0.15) is 0 Å². The minimum atomic E-state index is -1.61. The van der Waals surface area contributed by atoms with Gasteiger partial charge in [-0.1, -0.05) is 0 Å². The van der Waals surface area contributed by atoms with Crippen LogP contribution in [0.1, 0.15) is 0 Å². The van der Waals surface area contributed by atoms with E-state index in [0.717, 1.165) is 0 Å². The lowest BCUT2D eigenvalue weighted by Crippen LogP contribution is -2.35. The van der Waals surface area contributed by atoms with Crippen LogP contribution in [0, 0.1) is 0 Å². The van der Waals surface area contributed by atoms with Crippen LogP contribution >= 0.6 is 0 Å². The molecular formula is C9H10B3NO2. The zero-order valence-electron chi connectivity index (χ0n) is 8.35. The largest absolute Gasteiger partial charge is 0.491 e. The van der Waals surface area contributed by atoms with E-state index >= 15 is 0 Å². The van der Waals surface area contributed by atoms with Crippen LogP contribution in [-0.4, -0.2) is 42.1 Å². The first-order valence-corrected chi connectivity index (χ1v) is 4.46. The van der Waals surface area contributed by atoms with Crippen molar-refractivity contribution in [3.8, 4) is 5.75 Å². The third kappa shape index (κ3) is 5.42. The quantitative estimate of drug-likeness (QED) is 0.402.